The zero-order valence-corrected chi connectivity index (χ0v) is 10.1. The van der Waals surface area contributed by atoms with Crippen molar-refractivity contribution in [3.8, 4) is 0 Å². The molecule has 4 N–H and O–H groups in total. The van der Waals surface area contributed by atoms with E-state index < -0.39 is 24.1 Å². The number of hydrogen-bond donors (Lipinski definition) is 4. The van der Waals surface area contributed by atoms with Crippen molar-refractivity contribution >= 4 is 12.0 Å². The highest BCUT2D eigenvalue weighted by atomic mass is 16.5. The number of carbonyl (C=O) groups excluding carboxylic acids is 1. The molecular weight excluding hydrogens is 228 g/mol. The number of hydrogen-bond acceptors (Lipinski definition) is 4. The van der Waals surface area contributed by atoms with Crippen LogP contribution >= 0.6 is 0 Å². The second kappa shape index (κ2) is 8.77. The van der Waals surface area contributed by atoms with Crippen LogP contribution in [0.1, 0.15) is 19.8 Å². The summed E-state index contributed by atoms with van der Waals surface area (Å²) >= 11 is 0. The molecule has 0 spiro atoms. The molecule has 0 saturated carbocycles. The first kappa shape index (κ1) is 15.7. The van der Waals surface area contributed by atoms with Crippen molar-refractivity contribution in [2.75, 3.05) is 20.3 Å². The summed E-state index contributed by atoms with van der Waals surface area (Å²) < 4.78 is 4.84. The fourth-order valence-corrected chi connectivity index (χ4v) is 1.15. The first-order valence-corrected chi connectivity index (χ1v) is 5.43. The largest absolute Gasteiger partial charge is 0.480 e. The van der Waals surface area contributed by atoms with E-state index in [9.17, 15) is 9.59 Å². The van der Waals surface area contributed by atoms with Gasteiger partial charge < -0.3 is 25.6 Å². The zero-order valence-electron chi connectivity index (χ0n) is 10.1. The average molecular weight is 248 g/mol. The number of carboxylic acids is 1. The van der Waals surface area contributed by atoms with Crippen LogP contribution in [0.15, 0.2) is 0 Å². The molecule has 0 radical (unpaired) electrons. The van der Waals surface area contributed by atoms with Crippen LogP contribution in [0, 0.1) is 0 Å². The van der Waals surface area contributed by atoms with Crippen LogP contribution in [0.3, 0.4) is 0 Å². The predicted molar refractivity (Wildman–Crippen MR) is 60.7 cm³/mol. The van der Waals surface area contributed by atoms with Gasteiger partial charge in [-0.25, -0.2) is 9.59 Å². The zero-order chi connectivity index (χ0) is 13.3. The Morgan fingerprint density at radius 2 is 2.00 bits per heavy atom. The molecule has 0 aliphatic rings. The molecule has 17 heavy (non-hydrogen) atoms. The number of nitrogens with one attached hydrogen (secondary N) is 2. The van der Waals surface area contributed by atoms with Gasteiger partial charge in [0.25, 0.3) is 0 Å². The molecule has 0 aromatic heterocycles. The van der Waals surface area contributed by atoms with Crippen LogP contribution in [-0.2, 0) is 9.53 Å². The molecule has 2 atom stereocenters. The van der Waals surface area contributed by atoms with Crippen molar-refractivity contribution in [2.45, 2.75) is 31.9 Å². The average Bonchev–Trinajstić information content (AvgIpc) is 2.24. The summed E-state index contributed by atoms with van der Waals surface area (Å²) in [6.45, 7) is 2.35. The summed E-state index contributed by atoms with van der Waals surface area (Å²) in [6, 6.07) is -1.90. The fraction of sp³-hybridized carbons (Fsp3) is 0.800. The number of carboxylic acid groups (broad SMARTS) is 1. The first-order valence-electron chi connectivity index (χ1n) is 5.43. The number of ether oxygens (including phenoxy) is 1. The Morgan fingerprint density at radius 1 is 1.35 bits per heavy atom. The SMILES string of the molecule is COCCCCNC(=O)NC(C(=O)O)C(C)O. The van der Waals surface area contributed by atoms with E-state index in [0.717, 1.165) is 12.8 Å². The van der Waals surface area contributed by atoms with Gasteiger partial charge in [-0.15, -0.1) is 0 Å². The van der Waals surface area contributed by atoms with Crippen molar-refractivity contribution in [1.82, 2.24) is 10.6 Å². The van der Waals surface area contributed by atoms with Crippen LogP contribution in [0.4, 0.5) is 4.79 Å². The Bertz CT molecular complexity index is 245. The van der Waals surface area contributed by atoms with Gasteiger partial charge in [-0.2, -0.15) is 0 Å². The van der Waals surface area contributed by atoms with E-state index >= 15 is 0 Å². The lowest BCUT2D eigenvalue weighted by atomic mass is 10.2. The molecule has 7 nitrogen and oxygen atoms in total. The van der Waals surface area contributed by atoms with Crippen molar-refractivity contribution in [3.05, 3.63) is 0 Å². The van der Waals surface area contributed by atoms with Gasteiger partial charge in [-0.1, -0.05) is 0 Å². The summed E-state index contributed by atoms with van der Waals surface area (Å²) in [5, 5.41) is 22.5. The van der Waals surface area contributed by atoms with E-state index in [4.69, 9.17) is 14.9 Å². The van der Waals surface area contributed by atoms with Gasteiger partial charge in [0, 0.05) is 20.3 Å². The maximum atomic E-state index is 11.3. The highest BCUT2D eigenvalue weighted by Gasteiger charge is 2.24. The number of rotatable bonds is 8. The molecule has 0 fully saturated rings. The van der Waals surface area contributed by atoms with E-state index in [-0.39, 0.29) is 0 Å². The molecule has 0 aromatic carbocycles. The van der Waals surface area contributed by atoms with E-state index in [1.54, 1.807) is 7.11 Å². The molecular formula is C10H20N2O5. The number of methoxy groups -OCH3 is 1. The number of amides is 2. The van der Waals surface area contributed by atoms with Crippen LogP contribution in [0.2, 0.25) is 0 Å². The standard InChI is InChI=1S/C10H20N2O5/c1-7(13)8(9(14)15)12-10(16)11-5-3-4-6-17-2/h7-8,13H,3-6H2,1-2H3,(H,14,15)(H2,11,12,16). The third-order valence-corrected chi connectivity index (χ3v) is 2.10. The quantitative estimate of drug-likeness (QED) is 0.435. The van der Waals surface area contributed by atoms with Gasteiger partial charge in [-0.05, 0) is 19.8 Å². The van der Waals surface area contributed by atoms with E-state index in [1.807, 2.05) is 0 Å². The summed E-state index contributed by atoms with van der Waals surface area (Å²) in [4.78, 5) is 21.9. The third-order valence-electron chi connectivity index (χ3n) is 2.10. The highest BCUT2D eigenvalue weighted by molar-refractivity contribution is 5.82. The molecule has 0 aliphatic heterocycles. The number of aliphatic carboxylic acids is 1. The van der Waals surface area contributed by atoms with Gasteiger partial charge in [0.15, 0.2) is 6.04 Å². The normalized spacial score (nSPS) is 13.8. The van der Waals surface area contributed by atoms with Gasteiger partial charge in [0.05, 0.1) is 6.10 Å². The minimum Gasteiger partial charge on any atom is -0.480 e. The minimum absolute atomic E-state index is 0.432. The van der Waals surface area contributed by atoms with E-state index in [1.165, 1.54) is 6.92 Å². The molecule has 2 unspecified atom stereocenters. The van der Waals surface area contributed by atoms with Crippen LogP contribution < -0.4 is 10.6 Å². The monoisotopic (exact) mass is 248 g/mol. The Balaban J connectivity index is 3.80. The Kier molecular flexibility index (Phi) is 8.08. The molecule has 7 heteroatoms. The van der Waals surface area contributed by atoms with Crippen molar-refractivity contribution in [1.29, 1.82) is 0 Å². The van der Waals surface area contributed by atoms with Crippen molar-refractivity contribution in [2.24, 2.45) is 0 Å². The van der Waals surface area contributed by atoms with E-state index in [2.05, 4.69) is 10.6 Å². The lowest BCUT2D eigenvalue weighted by molar-refractivity contribution is -0.141. The first-order chi connectivity index (χ1) is 7.99. The van der Waals surface area contributed by atoms with Crippen molar-refractivity contribution < 1.29 is 24.5 Å². The molecule has 0 rings (SSSR count). The summed E-state index contributed by atoms with van der Waals surface area (Å²) in [5.41, 5.74) is 0. The summed E-state index contributed by atoms with van der Waals surface area (Å²) in [5.74, 6) is -1.27. The second-order valence-corrected chi connectivity index (χ2v) is 3.66. The summed E-state index contributed by atoms with van der Waals surface area (Å²) in [6.07, 6.45) is 0.412. The van der Waals surface area contributed by atoms with Crippen molar-refractivity contribution in [3.63, 3.8) is 0 Å². The maximum absolute atomic E-state index is 11.3. The molecule has 0 heterocycles. The second-order valence-electron chi connectivity index (χ2n) is 3.66. The van der Waals surface area contributed by atoms with Crippen LogP contribution in [-0.4, -0.2) is 54.6 Å². The molecule has 2 amide bonds. The number of urea groups is 1. The number of aliphatic hydroxyl groups excluding tert-OH is 1. The minimum atomic E-state index is -1.30. The molecule has 0 aliphatic carbocycles. The van der Waals surface area contributed by atoms with E-state index in [0.29, 0.717) is 13.2 Å². The maximum Gasteiger partial charge on any atom is 0.328 e. The Labute approximate surface area is 100 Å². The smallest absolute Gasteiger partial charge is 0.328 e. The molecule has 0 aromatic rings. The van der Waals surface area contributed by atoms with Gasteiger partial charge >= 0.3 is 12.0 Å². The van der Waals surface area contributed by atoms with Crippen LogP contribution in [0.5, 0.6) is 0 Å². The molecule has 0 saturated heterocycles. The van der Waals surface area contributed by atoms with Gasteiger partial charge in [-0.3, -0.25) is 0 Å². The lowest BCUT2D eigenvalue weighted by Gasteiger charge is -2.17. The van der Waals surface area contributed by atoms with Crippen LogP contribution in [0.25, 0.3) is 0 Å². The third kappa shape index (κ3) is 7.53. The lowest BCUT2D eigenvalue weighted by Crippen LogP contribution is -2.51. The number of carbonyl (C=O) groups is 2. The molecule has 0 bridgehead atoms. The highest BCUT2D eigenvalue weighted by Crippen LogP contribution is 1.93. The molecule has 100 valence electrons. The fourth-order valence-electron chi connectivity index (χ4n) is 1.15. The topological polar surface area (TPSA) is 108 Å². The summed E-state index contributed by atoms with van der Waals surface area (Å²) in [7, 11) is 1.60. The van der Waals surface area contributed by atoms with Gasteiger partial charge in [0.1, 0.15) is 0 Å². The number of aliphatic hydroxyl groups is 1. The Hall–Kier alpha value is -1.34. The Morgan fingerprint density at radius 3 is 2.47 bits per heavy atom. The van der Waals surface area contributed by atoms with Gasteiger partial charge in [0.2, 0.25) is 0 Å². The predicted octanol–water partition coefficient (Wildman–Crippen LogP) is -0.454. The number of unbranched alkanes of at least 4 members (excludes halogenated alkanes) is 1.